The van der Waals surface area contributed by atoms with E-state index >= 15 is 0 Å². The van der Waals surface area contributed by atoms with Crippen molar-refractivity contribution in [2.75, 3.05) is 12.4 Å². The van der Waals surface area contributed by atoms with Crippen molar-refractivity contribution in [2.45, 2.75) is 65.1 Å². The number of nitrogens with one attached hydrogen (secondary N) is 2. The summed E-state index contributed by atoms with van der Waals surface area (Å²) in [6.45, 7) is 7.79. The summed E-state index contributed by atoms with van der Waals surface area (Å²) in [5.41, 5.74) is 1.03. The van der Waals surface area contributed by atoms with Crippen LogP contribution < -0.4 is 15.4 Å². The summed E-state index contributed by atoms with van der Waals surface area (Å²) in [7, 11) is 1.57. The molecule has 0 aliphatic heterocycles. The first-order chi connectivity index (χ1) is 18.1. The highest BCUT2D eigenvalue weighted by Gasteiger charge is 2.34. The molecule has 2 aromatic carbocycles. The van der Waals surface area contributed by atoms with Gasteiger partial charge in [0.1, 0.15) is 17.6 Å². The predicted molar refractivity (Wildman–Crippen MR) is 144 cm³/mol. The number of anilines is 1. The van der Waals surface area contributed by atoms with Crippen molar-refractivity contribution in [1.29, 1.82) is 0 Å². The maximum atomic E-state index is 13.8. The molecule has 0 radical (unpaired) electrons. The number of ether oxygens (including phenoxy) is 1. The third-order valence-electron chi connectivity index (χ3n) is 6.31. The van der Waals surface area contributed by atoms with E-state index < -0.39 is 11.6 Å². The van der Waals surface area contributed by atoms with Gasteiger partial charge in [-0.25, -0.2) is 0 Å². The molecule has 202 valence electrons. The van der Waals surface area contributed by atoms with Gasteiger partial charge in [0.2, 0.25) is 17.7 Å². The van der Waals surface area contributed by atoms with Gasteiger partial charge in [-0.2, -0.15) is 0 Å². The average Bonchev–Trinajstić information content (AvgIpc) is 3.31. The fourth-order valence-electron chi connectivity index (χ4n) is 3.85. The summed E-state index contributed by atoms with van der Waals surface area (Å²) in [5.74, 6) is 0.498. The van der Waals surface area contributed by atoms with E-state index in [1.165, 1.54) is 4.90 Å². The van der Waals surface area contributed by atoms with Gasteiger partial charge in [-0.05, 0) is 50.5 Å². The van der Waals surface area contributed by atoms with Crippen molar-refractivity contribution < 1.29 is 23.6 Å². The summed E-state index contributed by atoms with van der Waals surface area (Å²) in [5, 5.41) is 9.48. The Labute approximate surface area is 223 Å². The van der Waals surface area contributed by atoms with Crippen molar-refractivity contribution in [1.82, 2.24) is 15.4 Å². The molecular formula is C29H36N4O5. The van der Waals surface area contributed by atoms with Crippen molar-refractivity contribution in [3.05, 3.63) is 77.6 Å². The molecular weight excluding hydrogens is 484 g/mol. The van der Waals surface area contributed by atoms with Crippen molar-refractivity contribution >= 4 is 23.5 Å². The Bertz CT molecular complexity index is 1220. The van der Waals surface area contributed by atoms with E-state index in [0.29, 0.717) is 29.3 Å². The normalized spacial score (nSPS) is 11.9. The Morgan fingerprint density at radius 3 is 2.32 bits per heavy atom. The van der Waals surface area contributed by atoms with Crippen LogP contribution in [0.1, 0.15) is 63.0 Å². The minimum Gasteiger partial charge on any atom is -0.497 e. The molecule has 9 nitrogen and oxygen atoms in total. The lowest BCUT2D eigenvalue weighted by molar-refractivity contribution is -0.142. The lowest BCUT2D eigenvalue weighted by atomic mass is 9.98. The van der Waals surface area contributed by atoms with E-state index in [4.69, 9.17) is 9.26 Å². The van der Waals surface area contributed by atoms with E-state index in [2.05, 4.69) is 15.8 Å². The molecule has 0 fully saturated rings. The van der Waals surface area contributed by atoms with Crippen LogP contribution in [-0.4, -0.2) is 40.4 Å². The van der Waals surface area contributed by atoms with E-state index in [0.717, 1.165) is 5.56 Å². The number of aryl methyl sites for hydroxylation is 1. The summed E-state index contributed by atoms with van der Waals surface area (Å²) >= 11 is 0. The van der Waals surface area contributed by atoms with E-state index in [1.807, 2.05) is 51.1 Å². The fourth-order valence-corrected chi connectivity index (χ4v) is 3.85. The lowest BCUT2D eigenvalue weighted by Crippen LogP contribution is -2.50. The summed E-state index contributed by atoms with van der Waals surface area (Å²) in [4.78, 5) is 41.5. The number of carbonyl (C=O) groups is 3. The lowest BCUT2D eigenvalue weighted by Gasteiger charge is -2.35. The minimum absolute atomic E-state index is 0.0760. The molecule has 0 saturated heterocycles. The van der Waals surface area contributed by atoms with Crippen LogP contribution in [-0.2, 0) is 20.9 Å². The van der Waals surface area contributed by atoms with Crippen LogP contribution >= 0.6 is 0 Å². The molecule has 3 aromatic rings. The second-order valence-electron chi connectivity index (χ2n) is 9.78. The highest BCUT2D eigenvalue weighted by Crippen LogP contribution is 2.28. The molecule has 3 amide bonds. The molecule has 0 bridgehead atoms. The second kappa shape index (κ2) is 12.9. The number of rotatable bonds is 12. The van der Waals surface area contributed by atoms with Gasteiger partial charge < -0.3 is 24.8 Å². The Balaban J connectivity index is 1.91. The SMILES string of the molecule is CCC(C)(C)NC(=O)[C@H](c1ccc(OC)cc1)N(Cc1ccccc1)C(=O)CCC(=O)Nc1cc(C)on1. The van der Waals surface area contributed by atoms with Crippen LogP contribution in [0.25, 0.3) is 0 Å². The quantitative estimate of drug-likeness (QED) is 0.355. The molecule has 0 saturated carbocycles. The van der Waals surface area contributed by atoms with Gasteiger partial charge in [-0.1, -0.05) is 54.5 Å². The number of aromatic nitrogens is 1. The number of hydrogen-bond donors (Lipinski definition) is 2. The topological polar surface area (TPSA) is 114 Å². The van der Waals surface area contributed by atoms with Crippen molar-refractivity contribution in [3.8, 4) is 5.75 Å². The number of hydrogen-bond acceptors (Lipinski definition) is 6. The largest absolute Gasteiger partial charge is 0.497 e. The van der Waals surface area contributed by atoms with Crippen LogP contribution in [0.4, 0.5) is 5.82 Å². The smallest absolute Gasteiger partial charge is 0.247 e. The van der Waals surface area contributed by atoms with Gasteiger partial charge in [-0.15, -0.1) is 0 Å². The third kappa shape index (κ3) is 7.93. The van der Waals surface area contributed by atoms with Gasteiger partial charge in [0.15, 0.2) is 5.82 Å². The van der Waals surface area contributed by atoms with Crippen LogP contribution in [0.2, 0.25) is 0 Å². The molecule has 3 rings (SSSR count). The van der Waals surface area contributed by atoms with Gasteiger partial charge >= 0.3 is 0 Å². The van der Waals surface area contributed by atoms with Crippen molar-refractivity contribution in [2.24, 2.45) is 0 Å². The van der Waals surface area contributed by atoms with Crippen molar-refractivity contribution in [3.63, 3.8) is 0 Å². The number of benzene rings is 2. The molecule has 0 unspecified atom stereocenters. The zero-order valence-corrected chi connectivity index (χ0v) is 22.6. The van der Waals surface area contributed by atoms with E-state index in [-0.39, 0.29) is 37.1 Å². The minimum atomic E-state index is -0.916. The van der Waals surface area contributed by atoms with Gasteiger partial charge in [0, 0.05) is 31.0 Å². The Kier molecular flexibility index (Phi) is 9.65. The van der Waals surface area contributed by atoms with Crippen LogP contribution in [0, 0.1) is 6.92 Å². The summed E-state index contributed by atoms with van der Waals surface area (Å²) in [6.07, 6.45) is 0.544. The molecule has 1 atom stereocenters. The third-order valence-corrected chi connectivity index (χ3v) is 6.31. The number of carbonyl (C=O) groups excluding carboxylic acids is 3. The van der Waals surface area contributed by atoms with E-state index in [1.54, 1.807) is 44.4 Å². The molecule has 0 aliphatic carbocycles. The first-order valence-electron chi connectivity index (χ1n) is 12.6. The van der Waals surface area contributed by atoms with Crippen LogP contribution in [0.3, 0.4) is 0 Å². The Morgan fingerprint density at radius 2 is 1.74 bits per heavy atom. The zero-order valence-electron chi connectivity index (χ0n) is 22.6. The number of methoxy groups -OCH3 is 1. The summed E-state index contributed by atoms with van der Waals surface area (Å²) < 4.78 is 10.3. The molecule has 1 aromatic heterocycles. The number of amides is 3. The first kappa shape index (κ1) is 28.4. The maximum Gasteiger partial charge on any atom is 0.247 e. The molecule has 38 heavy (non-hydrogen) atoms. The summed E-state index contributed by atoms with van der Waals surface area (Å²) in [6, 6.07) is 17.2. The monoisotopic (exact) mass is 520 g/mol. The Morgan fingerprint density at radius 1 is 1.05 bits per heavy atom. The Hall–Kier alpha value is -4.14. The first-order valence-corrected chi connectivity index (χ1v) is 12.6. The van der Waals surface area contributed by atoms with Crippen LogP contribution in [0.15, 0.2) is 65.2 Å². The fraction of sp³-hybridized carbons (Fsp3) is 0.379. The highest BCUT2D eigenvalue weighted by molar-refractivity contribution is 5.94. The highest BCUT2D eigenvalue weighted by atomic mass is 16.5. The predicted octanol–water partition coefficient (Wildman–Crippen LogP) is 4.79. The molecule has 9 heteroatoms. The number of nitrogens with zero attached hydrogens (tertiary/aromatic N) is 2. The standard InChI is InChI=1S/C29H36N4O5/c1-6-29(3,4)31-28(36)27(22-12-14-23(37-5)15-13-22)33(19-21-10-8-7-9-11-21)26(35)17-16-25(34)30-24-18-20(2)38-32-24/h7-15,18,27H,6,16-17,19H2,1-5H3,(H,31,36)(H,30,32,34)/t27-/m0/s1. The van der Waals surface area contributed by atoms with Crippen LogP contribution in [0.5, 0.6) is 5.75 Å². The van der Waals surface area contributed by atoms with Gasteiger partial charge in [-0.3, -0.25) is 14.4 Å². The van der Waals surface area contributed by atoms with E-state index in [9.17, 15) is 14.4 Å². The zero-order chi connectivity index (χ0) is 27.7. The maximum absolute atomic E-state index is 13.8. The van der Waals surface area contributed by atoms with Gasteiger partial charge in [0.05, 0.1) is 7.11 Å². The molecule has 2 N–H and O–H groups in total. The molecule has 0 aliphatic rings. The molecule has 1 heterocycles. The van der Waals surface area contributed by atoms with Gasteiger partial charge in [0.25, 0.3) is 0 Å². The average molecular weight is 521 g/mol. The second-order valence-corrected chi connectivity index (χ2v) is 9.78. The molecule has 0 spiro atoms.